The molecule has 38 heavy (non-hydrogen) atoms. The molecule has 184 valence electrons. The molecule has 4 aromatic rings. The smallest absolute Gasteiger partial charge is 0.225 e. The number of nitrogens with zero attached hydrogens (tertiary/aromatic N) is 4. The van der Waals surface area contributed by atoms with Crippen LogP contribution in [0.4, 0.5) is 10.8 Å². The predicted molar refractivity (Wildman–Crippen MR) is 149 cm³/mol. The van der Waals surface area contributed by atoms with Crippen LogP contribution in [0.15, 0.2) is 59.6 Å². The van der Waals surface area contributed by atoms with E-state index in [1.807, 2.05) is 42.5 Å². The Balaban J connectivity index is 1.34. The normalized spacial score (nSPS) is 11.4. The molecule has 2 aromatic heterocycles. The van der Waals surface area contributed by atoms with Gasteiger partial charge in [-0.15, -0.1) is 23.1 Å². The number of carbonyl (C=O) groups is 1. The van der Waals surface area contributed by atoms with E-state index in [0.717, 1.165) is 28.8 Å². The number of carbonyl (C=O) groups excluding carboxylic acids is 1. The quantitative estimate of drug-likeness (QED) is 0.295. The Morgan fingerprint density at radius 3 is 2.42 bits per heavy atom. The largest absolute Gasteiger partial charge is 0.383 e. The van der Waals surface area contributed by atoms with Crippen LogP contribution >= 0.6 is 23.1 Å². The predicted octanol–water partition coefficient (Wildman–Crippen LogP) is 5.89. The Bertz CT molecular complexity index is 1690. The van der Waals surface area contributed by atoms with Gasteiger partial charge in [0.15, 0.2) is 0 Å². The topological polar surface area (TPSA) is 139 Å². The van der Waals surface area contributed by atoms with Crippen LogP contribution in [0.2, 0.25) is 0 Å². The summed E-state index contributed by atoms with van der Waals surface area (Å²) < 4.78 is 0. The summed E-state index contributed by atoms with van der Waals surface area (Å²) in [6, 6.07) is 23.8. The number of amides is 1. The fraction of sp³-hybridized carbons (Fsp3) is 0.138. The first kappa shape index (κ1) is 25.0. The highest BCUT2D eigenvalue weighted by molar-refractivity contribution is 7.99. The van der Waals surface area contributed by atoms with Crippen LogP contribution in [0, 0.1) is 34.0 Å². The van der Waals surface area contributed by atoms with Crippen LogP contribution in [0.1, 0.15) is 34.2 Å². The summed E-state index contributed by atoms with van der Waals surface area (Å²) in [5.74, 6) is 0.146. The molecule has 2 heterocycles. The van der Waals surface area contributed by atoms with Crippen molar-refractivity contribution in [2.24, 2.45) is 0 Å². The number of rotatable bonds is 6. The van der Waals surface area contributed by atoms with E-state index in [1.54, 1.807) is 0 Å². The van der Waals surface area contributed by atoms with Gasteiger partial charge in [-0.25, -0.2) is 4.98 Å². The minimum Gasteiger partial charge on any atom is -0.383 e. The highest BCUT2D eigenvalue weighted by Crippen LogP contribution is 2.45. The summed E-state index contributed by atoms with van der Waals surface area (Å²) in [6.45, 7) is 0. The molecule has 0 saturated carbocycles. The van der Waals surface area contributed by atoms with Crippen molar-refractivity contribution in [1.29, 1.82) is 15.8 Å². The van der Waals surface area contributed by atoms with Gasteiger partial charge in [0.25, 0.3) is 0 Å². The lowest BCUT2D eigenvalue weighted by molar-refractivity contribution is -0.115. The van der Waals surface area contributed by atoms with Gasteiger partial charge in [0, 0.05) is 22.6 Å². The fourth-order valence-corrected chi connectivity index (χ4v) is 6.78. The zero-order valence-electron chi connectivity index (χ0n) is 20.1. The molecular formula is C29H20N6OS2. The number of nitrogens with two attached hydrogens (primary N) is 1. The Morgan fingerprint density at radius 2 is 1.68 bits per heavy atom. The third-order valence-electron chi connectivity index (χ3n) is 6.32. The minimum atomic E-state index is -0.232. The first-order valence-corrected chi connectivity index (χ1v) is 13.6. The number of fused-ring (bicyclic) bond motifs is 3. The number of nitrogens with one attached hydrogen (secondary N) is 1. The van der Waals surface area contributed by atoms with Crippen molar-refractivity contribution in [1.82, 2.24) is 4.98 Å². The zero-order valence-corrected chi connectivity index (χ0v) is 21.7. The Hall–Kier alpha value is -4.62. The van der Waals surface area contributed by atoms with Crippen LogP contribution in [0.3, 0.4) is 0 Å². The second-order valence-electron chi connectivity index (χ2n) is 8.55. The number of aromatic nitrogens is 1. The number of aryl methyl sites for hydroxylation is 1. The average Bonchev–Trinajstić information content (AvgIpc) is 3.30. The molecule has 7 nitrogen and oxygen atoms in total. The lowest BCUT2D eigenvalue weighted by atomic mass is 9.90. The number of hydrogen-bond donors (Lipinski definition) is 2. The molecule has 1 amide bonds. The van der Waals surface area contributed by atoms with E-state index in [4.69, 9.17) is 5.73 Å². The van der Waals surface area contributed by atoms with E-state index in [2.05, 4.69) is 40.6 Å². The van der Waals surface area contributed by atoms with E-state index in [9.17, 15) is 20.6 Å². The molecule has 0 saturated heterocycles. The molecule has 0 fully saturated rings. The van der Waals surface area contributed by atoms with Gasteiger partial charge in [-0.2, -0.15) is 15.8 Å². The molecule has 0 bridgehead atoms. The summed E-state index contributed by atoms with van der Waals surface area (Å²) in [7, 11) is 0. The van der Waals surface area contributed by atoms with Gasteiger partial charge < -0.3 is 11.1 Å². The maximum absolute atomic E-state index is 12.9. The second kappa shape index (κ2) is 10.8. The maximum Gasteiger partial charge on any atom is 0.225 e. The summed E-state index contributed by atoms with van der Waals surface area (Å²) in [6.07, 6.45) is 1.78. The van der Waals surface area contributed by atoms with Gasteiger partial charge in [0.1, 0.15) is 39.6 Å². The van der Waals surface area contributed by atoms with Crippen molar-refractivity contribution in [2.45, 2.75) is 24.3 Å². The molecule has 3 N–H and O–H groups in total. The van der Waals surface area contributed by atoms with Crippen LogP contribution in [0.5, 0.6) is 0 Å². The number of benzene rings is 2. The molecule has 0 spiro atoms. The van der Waals surface area contributed by atoms with E-state index in [1.165, 1.54) is 28.7 Å². The molecule has 0 unspecified atom stereocenters. The molecule has 5 rings (SSSR count). The molecule has 0 aliphatic heterocycles. The molecule has 9 heteroatoms. The minimum absolute atomic E-state index is 0.0420. The van der Waals surface area contributed by atoms with Crippen molar-refractivity contribution in [3.05, 3.63) is 82.4 Å². The first-order valence-electron chi connectivity index (χ1n) is 11.8. The summed E-state index contributed by atoms with van der Waals surface area (Å²) in [5, 5.41) is 33.3. The third kappa shape index (κ3) is 4.60. The van der Waals surface area contributed by atoms with Crippen LogP contribution < -0.4 is 11.1 Å². The number of nitrogen functional groups attached to an aromatic ring is 1. The fourth-order valence-electron chi connectivity index (χ4n) is 4.57. The van der Waals surface area contributed by atoms with Gasteiger partial charge >= 0.3 is 0 Å². The van der Waals surface area contributed by atoms with E-state index >= 15 is 0 Å². The summed E-state index contributed by atoms with van der Waals surface area (Å²) in [4.78, 5) is 18.2. The first-order chi connectivity index (χ1) is 18.5. The van der Waals surface area contributed by atoms with Crippen molar-refractivity contribution < 1.29 is 4.79 Å². The Kier molecular flexibility index (Phi) is 7.11. The molecule has 0 atom stereocenters. The van der Waals surface area contributed by atoms with Crippen molar-refractivity contribution in [3.63, 3.8) is 0 Å². The summed E-state index contributed by atoms with van der Waals surface area (Å²) in [5.41, 5.74) is 11.5. The molecule has 1 aliphatic rings. The molecule has 0 radical (unpaired) electrons. The lowest BCUT2D eigenvalue weighted by Gasteiger charge is -2.15. The summed E-state index contributed by atoms with van der Waals surface area (Å²) >= 11 is 2.67. The van der Waals surface area contributed by atoms with Gasteiger partial charge in [-0.1, -0.05) is 54.6 Å². The molecule has 1 aliphatic carbocycles. The zero-order chi connectivity index (χ0) is 26.6. The second-order valence-corrected chi connectivity index (χ2v) is 10.7. The van der Waals surface area contributed by atoms with Gasteiger partial charge in [0.05, 0.1) is 11.1 Å². The number of nitriles is 3. The van der Waals surface area contributed by atoms with E-state index < -0.39 is 0 Å². The Morgan fingerprint density at radius 1 is 0.974 bits per heavy atom. The van der Waals surface area contributed by atoms with Crippen LogP contribution in [-0.2, 0) is 17.6 Å². The van der Waals surface area contributed by atoms with Crippen molar-refractivity contribution >= 4 is 39.8 Å². The highest BCUT2D eigenvalue weighted by atomic mass is 32.2. The standard InChI is InChI=1S/C29H20N6OS2/c30-14-21-20-11-10-17-6-4-5-9-19(17)26(20)38-29(21)34-24(36)12-13-37-28-23(16-32)25(18-7-2-1-3-8-18)22(15-31)27(33)35-28/h1-9H,10-13H2,(H2,33,35)(H,34,36). The van der Waals surface area contributed by atoms with Crippen LogP contribution in [0.25, 0.3) is 21.6 Å². The van der Waals surface area contributed by atoms with E-state index in [0.29, 0.717) is 32.5 Å². The lowest BCUT2D eigenvalue weighted by Crippen LogP contribution is -2.12. The number of hydrogen-bond acceptors (Lipinski definition) is 8. The highest BCUT2D eigenvalue weighted by Gasteiger charge is 2.25. The monoisotopic (exact) mass is 532 g/mol. The SMILES string of the molecule is N#Cc1c(NC(=O)CCSc2nc(N)c(C#N)c(-c3ccccc3)c2C#N)sc2c1CCc1ccccc1-2. The van der Waals surface area contributed by atoms with Crippen molar-refractivity contribution in [3.8, 4) is 39.8 Å². The number of thiophene rings is 1. The molecule has 2 aromatic carbocycles. The van der Waals surface area contributed by atoms with Gasteiger partial charge in [-0.3, -0.25) is 4.79 Å². The number of pyridine rings is 1. The maximum atomic E-state index is 12.9. The van der Waals surface area contributed by atoms with E-state index in [-0.39, 0.29) is 29.3 Å². The van der Waals surface area contributed by atoms with Crippen molar-refractivity contribution in [2.75, 3.05) is 16.8 Å². The average molecular weight is 533 g/mol. The number of anilines is 2. The number of thioether (sulfide) groups is 1. The van der Waals surface area contributed by atoms with Crippen LogP contribution in [-0.4, -0.2) is 16.6 Å². The van der Waals surface area contributed by atoms with Gasteiger partial charge in [-0.05, 0) is 35.1 Å². The third-order valence-corrected chi connectivity index (χ3v) is 8.48. The van der Waals surface area contributed by atoms with Gasteiger partial charge in [0.2, 0.25) is 5.91 Å². The Labute approximate surface area is 228 Å². The molecular weight excluding hydrogens is 512 g/mol.